The summed E-state index contributed by atoms with van der Waals surface area (Å²) in [6, 6.07) is 4.07. The van der Waals surface area contributed by atoms with Crippen LogP contribution in [0.25, 0.3) is 10.4 Å². The van der Waals surface area contributed by atoms with Gasteiger partial charge in [0.05, 0.1) is 5.69 Å². The second-order valence-electron chi connectivity index (χ2n) is 2.46. The summed E-state index contributed by atoms with van der Waals surface area (Å²) in [5.41, 5.74) is 8.13. The molecule has 0 N–H and O–H groups in total. The molecule has 0 radical (unpaired) electrons. The van der Waals surface area contributed by atoms with Crippen molar-refractivity contribution in [3.63, 3.8) is 0 Å². The smallest absolute Gasteiger partial charge is 0.395 e. The van der Waals surface area contributed by atoms with Crippen LogP contribution in [0.3, 0.4) is 0 Å². The molecule has 1 aromatic rings. The van der Waals surface area contributed by atoms with E-state index in [4.69, 9.17) is 5.53 Å². The van der Waals surface area contributed by atoms with Crippen molar-refractivity contribution in [2.75, 3.05) is 0 Å². The van der Waals surface area contributed by atoms with Crippen LogP contribution in [0.15, 0.2) is 23.3 Å². The van der Waals surface area contributed by atoms with Crippen LogP contribution in [0.5, 0.6) is 11.5 Å². The van der Waals surface area contributed by atoms with Gasteiger partial charge in [-0.25, -0.2) is 0 Å². The number of ether oxygens (including phenoxy) is 2. The minimum Gasteiger partial charge on any atom is -0.395 e. The second kappa shape index (κ2) is 2.74. The zero-order valence-corrected chi connectivity index (χ0v) is 6.65. The highest BCUT2D eigenvalue weighted by atomic mass is 19.3. The van der Waals surface area contributed by atoms with Crippen molar-refractivity contribution in [3.8, 4) is 11.5 Å². The van der Waals surface area contributed by atoms with Crippen LogP contribution < -0.4 is 9.47 Å². The topological polar surface area (TPSA) is 67.2 Å². The van der Waals surface area contributed by atoms with E-state index in [0.29, 0.717) is 0 Å². The molecule has 0 aromatic heterocycles. The summed E-state index contributed by atoms with van der Waals surface area (Å²) in [5.74, 6) is -0.379. The van der Waals surface area contributed by atoms with Crippen LogP contribution in [0.1, 0.15) is 0 Å². The Balaban J connectivity index is 2.51. The molecule has 0 aliphatic carbocycles. The summed E-state index contributed by atoms with van der Waals surface area (Å²) < 4.78 is 33.5. The summed E-state index contributed by atoms with van der Waals surface area (Å²) in [6.45, 7) is 0. The predicted molar refractivity (Wildman–Crippen MR) is 41.5 cm³/mol. The lowest BCUT2D eigenvalue weighted by Gasteiger charge is -2.04. The van der Waals surface area contributed by atoms with Gasteiger partial charge < -0.3 is 9.47 Å². The first-order valence-corrected chi connectivity index (χ1v) is 3.56. The third-order valence-corrected chi connectivity index (χ3v) is 1.56. The number of halogens is 2. The fourth-order valence-corrected chi connectivity index (χ4v) is 1.08. The summed E-state index contributed by atoms with van der Waals surface area (Å²) in [4.78, 5) is 2.48. The number of hydrogen-bond donors (Lipinski definition) is 0. The van der Waals surface area contributed by atoms with Crippen LogP contribution in [-0.4, -0.2) is 6.29 Å². The number of fused-ring (bicyclic) bond motifs is 1. The van der Waals surface area contributed by atoms with Gasteiger partial charge in [-0.3, -0.25) is 0 Å². The molecule has 0 fully saturated rings. The number of nitrogens with zero attached hydrogens (tertiary/aromatic N) is 3. The molecule has 1 aliphatic rings. The number of rotatable bonds is 1. The summed E-state index contributed by atoms with van der Waals surface area (Å²) >= 11 is 0. The highest BCUT2D eigenvalue weighted by Crippen LogP contribution is 2.46. The molecule has 1 aliphatic heterocycles. The average molecular weight is 199 g/mol. The van der Waals surface area contributed by atoms with E-state index in [2.05, 4.69) is 19.5 Å². The Morgan fingerprint density at radius 2 is 2.14 bits per heavy atom. The molecule has 1 heterocycles. The summed E-state index contributed by atoms with van der Waals surface area (Å²) in [6.07, 6.45) is -3.69. The number of alkyl halides is 2. The van der Waals surface area contributed by atoms with Crippen molar-refractivity contribution < 1.29 is 18.3 Å². The molecule has 0 atom stereocenters. The van der Waals surface area contributed by atoms with Crippen LogP contribution in [0, 0.1) is 0 Å². The van der Waals surface area contributed by atoms with Crippen LogP contribution in [0.4, 0.5) is 14.5 Å². The van der Waals surface area contributed by atoms with Gasteiger partial charge in [-0.2, -0.15) is 0 Å². The molecular formula is C7H3F2N3O2. The van der Waals surface area contributed by atoms with E-state index in [1.807, 2.05) is 0 Å². The van der Waals surface area contributed by atoms with Crippen LogP contribution in [0.2, 0.25) is 0 Å². The van der Waals surface area contributed by atoms with Crippen LogP contribution in [-0.2, 0) is 0 Å². The van der Waals surface area contributed by atoms with Gasteiger partial charge in [0.1, 0.15) is 0 Å². The Bertz CT molecular complexity index is 429. The van der Waals surface area contributed by atoms with Crippen molar-refractivity contribution in [2.45, 2.75) is 6.29 Å². The zero-order valence-electron chi connectivity index (χ0n) is 6.65. The summed E-state index contributed by atoms with van der Waals surface area (Å²) in [5, 5.41) is 3.19. The van der Waals surface area contributed by atoms with Gasteiger partial charge >= 0.3 is 6.29 Å². The van der Waals surface area contributed by atoms with Gasteiger partial charge in [-0.15, -0.1) is 8.78 Å². The molecule has 1 aromatic carbocycles. The largest absolute Gasteiger partial charge is 0.586 e. The van der Waals surface area contributed by atoms with Crippen molar-refractivity contribution in [1.82, 2.24) is 0 Å². The SMILES string of the molecule is [N-]=[N+]=Nc1cccc2c1OC(F)(F)O2. The first-order valence-electron chi connectivity index (χ1n) is 3.56. The lowest BCUT2D eigenvalue weighted by molar-refractivity contribution is -0.286. The Hall–Kier alpha value is -2.01. The fourth-order valence-electron chi connectivity index (χ4n) is 1.08. The van der Waals surface area contributed by atoms with Crippen LogP contribution >= 0.6 is 0 Å². The molecule has 0 amide bonds. The molecule has 5 nitrogen and oxygen atoms in total. The van der Waals surface area contributed by atoms with E-state index in [-0.39, 0.29) is 17.2 Å². The monoisotopic (exact) mass is 199 g/mol. The first-order chi connectivity index (χ1) is 6.62. The van der Waals surface area contributed by atoms with Crippen molar-refractivity contribution >= 4 is 5.69 Å². The Morgan fingerprint density at radius 1 is 1.36 bits per heavy atom. The highest BCUT2D eigenvalue weighted by Gasteiger charge is 2.44. The minimum atomic E-state index is -3.69. The van der Waals surface area contributed by atoms with E-state index in [0.717, 1.165) is 0 Å². The quantitative estimate of drug-likeness (QED) is 0.396. The van der Waals surface area contributed by atoms with E-state index in [1.54, 1.807) is 0 Å². The predicted octanol–water partition coefficient (Wildman–Crippen LogP) is 2.95. The van der Waals surface area contributed by atoms with Gasteiger partial charge in [-0.1, -0.05) is 11.2 Å². The Labute approximate surface area is 76.5 Å². The molecule has 2 rings (SSSR count). The molecule has 0 spiro atoms. The molecule has 0 bridgehead atoms. The molecule has 0 saturated heterocycles. The van der Waals surface area contributed by atoms with Gasteiger partial charge in [0.2, 0.25) is 0 Å². The van der Waals surface area contributed by atoms with E-state index < -0.39 is 6.29 Å². The van der Waals surface area contributed by atoms with E-state index in [1.165, 1.54) is 18.2 Å². The van der Waals surface area contributed by atoms with Gasteiger partial charge in [0.25, 0.3) is 0 Å². The second-order valence-corrected chi connectivity index (χ2v) is 2.46. The van der Waals surface area contributed by atoms with E-state index in [9.17, 15) is 8.78 Å². The van der Waals surface area contributed by atoms with Gasteiger partial charge in [0, 0.05) is 4.91 Å². The van der Waals surface area contributed by atoms with E-state index >= 15 is 0 Å². The molecule has 7 heteroatoms. The average Bonchev–Trinajstić information content (AvgIpc) is 2.41. The molecule has 0 unspecified atom stereocenters. The third-order valence-electron chi connectivity index (χ3n) is 1.56. The lowest BCUT2D eigenvalue weighted by Crippen LogP contribution is -2.25. The maximum atomic E-state index is 12.6. The number of azide groups is 1. The maximum Gasteiger partial charge on any atom is 0.586 e. The Morgan fingerprint density at radius 3 is 2.86 bits per heavy atom. The van der Waals surface area contributed by atoms with Gasteiger partial charge in [-0.05, 0) is 17.7 Å². The highest BCUT2D eigenvalue weighted by molar-refractivity contribution is 5.60. The molecule has 14 heavy (non-hydrogen) atoms. The van der Waals surface area contributed by atoms with Gasteiger partial charge in [0.15, 0.2) is 11.5 Å². The first kappa shape index (κ1) is 8.58. The van der Waals surface area contributed by atoms with Crippen molar-refractivity contribution in [3.05, 3.63) is 28.6 Å². The Kier molecular flexibility index (Phi) is 1.68. The molecule has 0 saturated carbocycles. The third kappa shape index (κ3) is 1.29. The molecular weight excluding hydrogens is 196 g/mol. The lowest BCUT2D eigenvalue weighted by atomic mass is 10.3. The normalized spacial score (nSPS) is 16.1. The van der Waals surface area contributed by atoms with Crippen molar-refractivity contribution in [2.24, 2.45) is 5.11 Å². The summed E-state index contributed by atoms with van der Waals surface area (Å²) in [7, 11) is 0. The number of benzene rings is 1. The molecule has 72 valence electrons. The number of hydrogen-bond acceptors (Lipinski definition) is 3. The minimum absolute atomic E-state index is 0.0258. The maximum absolute atomic E-state index is 12.6. The fraction of sp³-hybridized carbons (Fsp3) is 0.143. The standard InChI is InChI=1S/C7H3F2N3O2/c8-7(9)13-5-3-1-2-4(11-12-10)6(5)14-7/h1-3H. The number of para-hydroxylation sites is 1. The van der Waals surface area contributed by atoms with Crippen molar-refractivity contribution in [1.29, 1.82) is 0 Å². The zero-order chi connectivity index (χ0) is 10.2.